The van der Waals surface area contributed by atoms with Crippen LogP contribution in [0.5, 0.6) is 5.75 Å². The SMILES string of the molecule is CCC1(CC)CCc2c(csc2C(=O)CCc2cc(C)c(O)c(C)c2)C1. The first-order valence-corrected chi connectivity index (χ1v) is 10.7. The number of ketones is 1. The molecule has 1 N–H and O–H groups in total. The standard InChI is InChI=1S/C23H30O2S/c1-5-23(6-2)10-9-19-18(13-23)14-26-22(19)20(24)8-7-17-11-15(3)21(25)16(4)12-17/h11-12,14,25H,5-10,13H2,1-4H3. The summed E-state index contributed by atoms with van der Waals surface area (Å²) >= 11 is 1.65. The van der Waals surface area contributed by atoms with Gasteiger partial charge in [-0.2, -0.15) is 0 Å². The minimum atomic E-state index is 0.278. The number of thiophene rings is 1. The van der Waals surface area contributed by atoms with E-state index in [2.05, 4.69) is 19.2 Å². The zero-order valence-corrected chi connectivity index (χ0v) is 17.3. The van der Waals surface area contributed by atoms with Crippen molar-refractivity contribution in [2.45, 2.75) is 72.6 Å². The first kappa shape index (κ1) is 19.2. The van der Waals surface area contributed by atoms with E-state index in [9.17, 15) is 9.90 Å². The molecule has 1 aromatic carbocycles. The molecule has 1 aliphatic carbocycles. The van der Waals surface area contributed by atoms with Gasteiger partial charge in [0.25, 0.3) is 0 Å². The molecule has 0 spiro atoms. The fourth-order valence-electron chi connectivity index (χ4n) is 4.37. The fourth-order valence-corrected chi connectivity index (χ4v) is 5.47. The van der Waals surface area contributed by atoms with E-state index in [4.69, 9.17) is 0 Å². The van der Waals surface area contributed by atoms with Crippen LogP contribution in [0.15, 0.2) is 17.5 Å². The molecule has 0 radical (unpaired) electrons. The van der Waals surface area contributed by atoms with Crippen LogP contribution in [0, 0.1) is 19.3 Å². The Morgan fingerprint density at radius 1 is 1.19 bits per heavy atom. The van der Waals surface area contributed by atoms with E-state index in [-0.39, 0.29) is 5.78 Å². The number of hydrogen-bond acceptors (Lipinski definition) is 3. The van der Waals surface area contributed by atoms with Gasteiger partial charge in [0.1, 0.15) is 5.75 Å². The van der Waals surface area contributed by atoms with E-state index in [1.54, 1.807) is 11.3 Å². The van der Waals surface area contributed by atoms with Gasteiger partial charge in [-0.05, 0) is 78.1 Å². The number of carbonyl (C=O) groups excluding carboxylic acids is 1. The summed E-state index contributed by atoms with van der Waals surface area (Å²) in [6, 6.07) is 3.99. The van der Waals surface area contributed by atoms with Crippen LogP contribution in [0.2, 0.25) is 0 Å². The van der Waals surface area contributed by atoms with Crippen molar-refractivity contribution in [2.75, 3.05) is 0 Å². The summed E-state index contributed by atoms with van der Waals surface area (Å²) in [6.07, 6.45) is 7.13. The third-order valence-electron chi connectivity index (χ3n) is 6.40. The van der Waals surface area contributed by atoms with Gasteiger partial charge in [0.15, 0.2) is 5.78 Å². The van der Waals surface area contributed by atoms with Gasteiger partial charge in [-0.1, -0.05) is 38.8 Å². The highest BCUT2D eigenvalue weighted by atomic mass is 32.1. The van der Waals surface area contributed by atoms with Gasteiger partial charge in [-0.15, -0.1) is 11.3 Å². The lowest BCUT2D eigenvalue weighted by atomic mass is 9.69. The van der Waals surface area contributed by atoms with Crippen molar-refractivity contribution >= 4 is 17.1 Å². The van der Waals surface area contributed by atoms with Gasteiger partial charge >= 0.3 is 0 Å². The Hall–Kier alpha value is -1.61. The maximum atomic E-state index is 12.8. The Labute approximate surface area is 161 Å². The Morgan fingerprint density at radius 2 is 1.85 bits per heavy atom. The van der Waals surface area contributed by atoms with Crippen molar-refractivity contribution in [2.24, 2.45) is 5.41 Å². The second-order valence-corrected chi connectivity index (χ2v) is 8.83. The highest BCUT2D eigenvalue weighted by molar-refractivity contribution is 7.12. The van der Waals surface area contributed by atoms with E-state index in [1.165, 1.54) is 30.4 Å². The molecule has 0 saturated carbocycles. The first-order chi connectivity index (χ1) is 12.4. The molecule has 3 heteroatoms. The monoisotopic (exact) mass is 370 g/mol. The summed E-state index contributed by atoms with van der Waals surface area (Å²) < 4.78 is 0. The molecule has 26 heavy (non-hydrogen) atoms. The van der Waals surface area contributed by atoms with Crippen LogP contribution in [0.3, 0.4) is 0 Å². The number of phenolic OH excluding ortho intramolecular Hbond substituents is 1. The molecule has 0 saturated heterocycles. The van der Waals surface area contributed by atoms with Crippen LogP contribution in [-0.4, -0.2) is 10.9 Å². The number of phenols is 1. The minimum Gasteiger partial charge on any atom is -0.507 e. The lowest BCUT2D eigenvalue weighted by Gasteiger charge is -2.36. The molecule has 0 bridgehead atoms. The van der Waals surface area contributed by atoms with Crippen LogP contribution in [-0.2, 0) is 19.3 Å². The predicted octanol–water partition coefficient (Wildman–Crippen LogP) is 6.18. The van der Waals surface area contributed by atoms with Crippen LogP contribution in [0.4, 0.5) is 0 Å². The van der Waals surface area contributed by atoms with Gasteiger partial charge in [-0.25, -0.2) is 0 Å². The number of rotatable bonds is 6. The van der Waals surface area contributed by atoms with Crippen LogP contribution < -0.4 is 0 Å². The molecule has 0 amide bonds. The number of carbonyl (C=O) groups is 1. The van der Waals surface area contributed by atoms with E-state index in [0.29, 0.717) is 17.6 Å². The Bertz CT molecular complexity index is 789. The smallest absolute Gasteiger partial charge is 0.173 e. The number of Topliss-reactive ketones (excluding diaryl/α,β-unsaturated/α-hetero) is 1. The molecule has 0 aliphatic heterocycles. The van der Waals surface area contributed by atoms with E-state index in [1.807, 2.05) is 26.0 Å². The summed E-state index contributed by atoms with van der Waals surface area (Å²) in [6.45, 7) is 8.43. The summed E-state index contributed by atoms with van der Waals surface area (Å²) in [4.78, 5) is 13.8. The molecule has 3 rings (SSSR count). The van der Waals surface area contributed by atoms with E-state index in [0.717, 1.165) is 40.8 Å². The molecule has 140 valence electrons. The summed E-state index contributed by atoms with van der Waals surface area (Å²) in [5.41, 5.74) is 6.09. The zero-order valence-electron chi connectivity index (χ0n) is 16.4. The van der Waals surface area contributed by atoms with Gasteiger partial charge in [0, 0.05) is 6.42 Å². The molecular weight excluding hydrogens is 340 g/mol. The lowest BCUT2D eigenvalue weighted by Crippen LogP contribution is -2.27. The van der Waals surface area contributed by atoms with Crippen LogP contribution in [0.1, 0.15) is 77.0 Å². The quantitative estimate of drug-likeness (QED) is 0.616. The van der Waals surface area contributed by atoms with Crippen molar-refractivity contribution in [1.29, 1.82) is 0 Å². The third-order valence-corrected chi connectivity index (χ3v) is 7.51. The zero-order chi connectivity index (χ0) is 18.9. The van der Waals surface area contributed by atoms with Crippen LogP contribution in [0.25, 0.3) is 0 Å². The third kappa shape index (κ3) is 3.59. The summed E-state index contributed by atoms with van der Waals surface area (Å²) in [7, 11) is 0. The normalized spacial score (nSPS) is 15.7. The largest absolute Gasteiger partial charge is 0.507 e. The Balaban J connectivity index is 1.72. The van der Waals surface area contributed by atoms with Gasteiger partial charge in [0.05, 0.1) is 4.88 Å². The van der Waals surface area contributed by atoms with Crippen molar-refractivity contribution in [1.82, 2.24) is 0 Å². The Kier molecular flexibility index (Phi) is 5.57. The molecule has 2 aromatic rings. The summed E-state index contributed by atoms with van der Waals surface area (Å²) in [5, 5.41) is 12.1. The van der Waals surface area contributed by atoms with Gasteiger partial charge < -0.3 is 5.11 Å². The second-order valence-electron chi connectivity index (χ2n) is 7.95. The number of fused-ring (bicyclic) bond motifs is 1. The Morgan fingerprint density at radius 3 is 2.46 bits per heavy atom. The molecule has 2 nitrogen and oxygen atoms in total. The molecule has 1 heterocycles. The second kappa shape index (κ2) is 7.56. The van der Waals surface area contributed by atoms with Crippen molar-refractivity contribution in [3.8, 4) is 5.75 Å². The lowest BCUT2D eigenvalue weighted by molar-refractivity contribution is 0.0985. The van der Waals surface area contributed by atoms with Crippen LogP contribution >= 0.6 is 11.3 Å². The molecule has 0 unspecified atom stereocenters. The predicted molar refractivity (Wildman–Crippen MR) is 110 cm³/mol. The molecule has 1 aromatic heterocycles. The maximum Gasteiger partial charge on any atom is 0.173 e. The average Bonchev–Trinajstić information content (AvgIpc) is 3.06. The maximum absolute atomic E-state index is 12.8. The number of hydrogen-bond donors (Lipinski definition) is 1. The number of benzene rings is 1. The van der Waals surface area contributed by atoms with Crippen molar-refractivity contribution in [3.05, 3.63) is 50.2 Å². The van der Waals surface area contributed by atoms with E-state index < -0.39 is 0 Å². The van der Waals surface area contributed by atoms with Crippen molar-refractivity contribution in [3.63, 3.8) is 0 Å². The minimum absolute atomic E-state index is 0.278. The fraction of sp³-hybridized carbons (Fsp3) is 0.522. The van der Waals surface area contributed by atoms with Gasteiger partial charge in [0.2, 0.25) is 0 Å². The molecule has 1 aliphatic rings. The number of aromatic hydroxyl groups is 1. The topological polar surface area (TPSA) is 37.3 Å². The highest BCUT2D eigenvalue weighted by Gasteiger charge is 2.33. The average molecular weight is 371 g/mol. The summed E-state index contributed by atoms with van der Waals surface area (Å²) in [5.74, 6) is 0.642. The first-order valence-electron chi connectivity index (χ1n) is 9.80. The van der Waals surface area contributed by atoms with E-state index >= 15 is 0 Å². The highest BCUT2D eigenvalue weighted by Crippen LogP contribution is 2.43. The molecule has 0 atom stereocenters. The molecule has 0 fully saturated rings. The molecular formula is C23H30O2S. The number of aryl methyl sites for hydroxylation is 3. The van der Waals surface area contributed by atoms with Gasteiger partial charge in [-0.3, -0.25) is 4.79 Å². The van der Waals surface area contributed by atoms with Crippen molar-refractivity contribution < 1.29 is 9.90 Å².